The molecule has 0 saturated heterocycles. The van der Waals surface area contributed by atoms with E-state index in [0.29, 0.717) is 0 Å². The van der Waals surface area contributed by atoms with Crippen molar-refractivity contribution in [2.75, 3.05) is 26.9 Å². The van der Waals surface area contributed by atoms with Gasteiger partial charge >= 0.3 is 0 Å². The lowest BCUT2D eigenvalue weighted by molar-refractivity contribution is -0.0986. The van der Waals surface area contributed by atoms with E-state index in [1.54, 1.807) is 0 Å². The Hall–Kier alpha value is -0.260. The lowest BCUT2D eigenvalue weighted by atomic mass is 10.3. The first-order chi connectivity index (χ1) is 6.02. The predicted molar refractivity (Wildman–Crippen MR) is 43.9 cm³/mol. The van der Waals surface area contributed by atoms with Crippen LogP contribution in [-0.2, 0) is 9.47 Å². The van der Waals surface area contributed by atoms with Crippen LogP contribution in [0.25, 0.3) is 0 Å². The van der Waals surface area contributed by atoms with Crippen LogP contribution in [-0.4, -0.2) is 44.1 Å². The van der Waals surface area contributed by atoms with Crippen LogP contribution in [0, 0.1) is 0 Å². The van der Waals surface area contributed by atoms with Crippen molar-refractivity contribution in [1.82, 2.24) is 0 Å². The first-order valence-corrected chi connectivity index (χ1v) is 4.14. The van der Waals surface area contributed by atoms with Crippen molar-refractivity contribution in [3.8, 4) is 0 Å². The van der Waals surface area contributed by atoms with Gasteiger partial charge in [0.2, 0.25) is 0 Å². The number of alkyl halides is 2. The van der Waals surface area contributed by atoms with E-state index in [0.717, 1.165) is 0 Å². The Labute approximate surface area is 76.6 Å². The van der Waals surface area contributed by atoms with Gasteiger partial charge in [-0.1, -0.05) is 6.92 Å². The van der Waals surface area contributed by atoms with Crippen LogP contribution in [0.2, 0.25) is 0 Å². The van der Waals surface area contributed by atoms with Crippen molar-refractivity contribution in [1.29, 1.82) is 0 Å². The molecule has 80 valence electrons. The number of ether oxygens (including phenoxy) is 2. The van der Waals surface area contributed by atoms with Crippen molar-refractivity contribution >= 4 is 0 Å². The van der Waals surface area contributed by atoms with E-state index in [1.165, 1.54) is 14.0 Å². The van der Waals surface area contributed by atoms with E-state index < -0.39 is 18.6 Å². The summed E-state index contributed by atoms with van der Waals surface area (Å²) in [5, 5.41) is 9.02. The molecule has 0 spiro atoms. The zero-order valence-corrected chi connectivity index (χ0v) is 7.93. The quantitative estimate of drug-likeness (QED) is 0.664. The largest absolute Gasteiger partial charge is 0.388 e. The third-order valence-electron chi connectivity index (χ3n) is 1.50. The third-order valence-corrected chi connectivity index (χ3v) is 1.50. The molecule has 13 heavy (non-hydrogen) atoms. The molecule has 0 radical (unpaired) electrons. The Morgan fingerprint density at radius 2 is 2.00 bits per heavy atom. The van der Waals surface area contributed by atoms with Gasteiger partial charge in [0.1, 0.15) is 12.7 Å². The Kier molecular flexibility index (Phi) is 6.11. The molecule has 0 amide bonds. The van der Waals surface area contributed by atoms with Gasteiger partial charge in [-0.05, 0) is 0 Å². The van der Waals surface area contributed by atoms with Gasteiger partial charge in [0.15, 0.2) is 0 Å². The van der Waals surface area contributed by atoms with Gasteiger partial charge in [-0.25, -0.2) is 8.78 Å². The second kappa shape index (κ2) is 6.23. The highest BCUT2D eigenvalue weighted by Crippen LogP contribution is 2.17. The number of rotatable bonds is 7. The highest BCUT2D eigenvalue weighted by Gasteiger charge is 2.26. The van der Waals surface area contributed by atoms with Crippen LogP contribution >= 0.6 is 0 Å². The smallest absolute Gasteiger partial charge is 0.270 e. The molecule has 0 aromatic carbocycles. The van der Waals surface area contributed by atoms with E-state index in [2.05, 4.69) is 9.47 Å². The summed E-state index contributed by atoms with van der Waals surface area (Å²) in [7, 11) is 1.42. The average molecular weight is 198 g/mol. The first kappa shape index (κ1) is 12.7. The molecule has 1 unspecified atom stereocenters. The average Bonchev–Trinajstić information content (AvgIpc) is 2.05. The van der Waals surface area contributed by atoms with Gasteiger partial charge in [0.25, 0.3) is 5.92 Å². The molecule has 0 aromatic rings. The molecule has 0 heterocycles. The Morgan fingerprint density at radius 3 is 2.46 bits per heavy atom. The zero-order valence-electron chi connectivity index (χ0n) is 7.93. The summed E-state index contributed by atoms with van der Waals surface area (Å²) in [6, 6.07) is 0. The maximum atomic E-state index is 12.6. The van der Waals surface area contributed by atoms with Crippen LogP contribution in [0.15, 0.2) is 0 Å². The van der Waals surface area contributed by atoms with E-state index in [1.807, 2.05) is 0 Å². The SMILES string of the molecule is CCC(F)(F)COCC(O)COC. The first-order valence-electron chi connectivity index (χ1n) is 4.14. The molecular formula is C8H16F2O3. The number of aliphatic hydroxyl groups is 1. The van der Waals surface area contributed by atoms with Crippen LogP contribution in [0.5, 0.6) is 0 Å². The second-order valence-electron chi connectivity index (χ2n) is 2.83. The molecule has 0 aromatic heterocycles. The highest BCUT2D eigenvalue weighted by molar-refractivity contribution is 4.62. The van der Waals surface area contributed by atoms with Crippen LogP contribution in [0.3, 0.4) is 0 Å². The van der Waals surface area contributed by atoms with Crippen LogP contribution in [0.4, 0.5) is 8.78 Å². The molecule has 0 saturated carbocycles. The number of hydrogen-bond acceptors (Lipinski definition) is 3. The molecule has 3 nitrogen and oxygen atoms in total. The second-order valence-corrected chi connectivity index (χ2v) is 2.83. The van der Waals surface area contributed by atoms with E-state index in [4.69, 9.17) is 5.11 Å². The van der Waals surface area contributed by atoms with Crippen molar-refractivity contribution in [2.45, 2.75) is 25.4 Å². The molecule has 0 fully saturated rings. The number of halogens is 2. The fraction of sp³-hybridized carbons (Fsp3) is 1.00. The molecule has 5 heteroatoms. The minimum Gasteiger partial charge on any atom is -0.388 e. The number of aliphatic hydroxyl groups excluding tert-OH is 1. The molecule has 0 aliphatic rings. The number of methoxy groups -OCH3 is 1. The maximum Gasteiger partial charge on any atom is 0.270 e. The minimum absolute atomic E-state index is 0.0949. The summed E-state index contributed by atoms with van der Waals surface area (Å²) in [6.07, 6.45) is -1.09. The van der Waals surface area contributed by atoms with Crippen molar-refractivity contribution in [3.63, 3.8) is 0 Å². The summed E-state index contributed by atoms with van der Waals surface area (Å²) in [5.41, 5.74) is 0. The predicted octanol–water partition coefficient (Wildman–Crippen LogP) is 1.06. The van der Waals surface area contributed by atoms with Crippen LogP contribution < -0.4 is 0 Å². The summed E-state index contributed by atoms with van der Waals surface area (Å²) in [5.74, 6) is -2.80. The van der Waals surface area contributed by atoms with Crippen molar-refractivity contribution in [3.05, 3.63) is 0 Å². The molecule has 0 aliphatic carbocycles. The standard InChI is InChI=1S/C8H16F2O3/c1-3-8(9,10)6-13-5-7(11)4-12-2/h7,11H,3-6H2,1-2H3. The molecule has 0 aliphatic heterocycles. The van der Waals surface area contributed by atoms with Gasteiger partial charge in [0, 0.05) is 13.5 Å². The molecule has 1 atom stereocenters. The highest BCUT2D eigenvalue weighted by atomic mass is 19.3. The Morgan fingerprint density at radius 1 is 1.38 bits per heavy atom. The van der Waals surface area contributed by atoms with Gasteiger partial charge in [0.05, 0.1) is 13.2 Å². The van der Waals surface area contributed by atoms with Gasteiger partial charge < -0.3 is 14.6 Å². The van der Waals surface area contributed by atoms with E-state index in [9.17, 15) is 8.78 Å². The lowest BCUT2D eigenvalue weighted by Crippen LogP contribution is -2.27. The van der Waals surface area contributed by atoms with Gasteiger partial charge in [-0.3, -0.25) is 0 Å². The van der Waals surface area contributed by atoms with E-state index in [-0.39, 0.29) is 19.6 Å². The monoisotopic (exact) mass is 198 g/mol. The van der Waals surface area contributed by atoms with Crippen LogP contribution in [0.1, 0.15) is 13.3 Å². The topological polar surface area (TPSA) is 38.7 Å². The van der Waals surface area contributed by atoms with Crippen molar-refractivity contribution < 1.29 is 23.4 Å². The summed E-state index contributed by atoms with van der Waals surface area (Å²) in [6.45, 7) is 0.709. The number of hydrogen-bond donors (Lipinski definition) is 1. The fourth-order valence-electron chi connectivity index (χ4n) is 0.687. The van der Waals surface area contributed by atoms with Gasteiger partial charge in [-0.15, -0.1) is 0 Å². The summed E-state index contributed by atoms with van der Waals surface area (Å²) < 4.78 is 34.3. The fourth-order valence-corrected chi connectivity index (χ4v) is 0.687. The van der Waals surface area contributed by atoms with E-state index >= 15 is 0 Å². The lowest BCUT2D eigenvalue weighted by Gasteiger charge is -2.15. The molecule has 1 N–H and O–H groups in total. The molecule has 0 rings (SSSR count). The Bertz CT molecular complexity index is 131. The minimum atomic E-state index is -2.80. The summed E-state index contributed by atoms with van der Waals surface area (Å²) >= 11 is 0. The zero-order chi connectivity index (χ0) is 10.3. The van der Waals surface area contributed by atoms with Crippen molar-refractivity contribution in [2.24, 2.45) is 0 Å². The molecule has 0 bridgehead atoms. The molecular weight excluding hydrogens is 182 g/mol. The van der Waals surface area contributed by atoms with Gasteiger partial charge in [-0.2, -0.15) is 0 Å². The Balaban J connectivity index is 3.44. The normalized spacial score (nSPS) is 14.5. The summed E-state index contributed by atoms with van der Waals surface area (Å²) in [4.78, 5) is 0. The maximum absolute atomic E-state index is 12.6. The third kappa shape index (κ3) is 6.86.